The summed E-state index contributed by atoms with van der Waals surface area (Å²) in [6.07, 6.45) is 9.12. The average Bonchev–Trinajstić information content (AvgIpc) is 3.75. The second-order valence-electron chi connectivity index (χ2n) is 13.9. The summed E-state index contributed by atoms with van der Waals surface area (Å²) in [5.41, 5.74) is 12.7. The smallest absolute Gasteiger partial charge is 0.169 e. The number of aryl methyl sites for hydroxylation is 1. The zero-order valence-electron chi connectivity index (χ0n) is 35.7. The Morgan fingerprint density at radius 1 is 0.724 bits per heavy atom. The molecule has 1 aromatic heterocycles. The predicted molar refractivity (Wildman–Crippen MR) is 269 cm³/mol. The summed E-state index contributed by atoms with van der Waals surface area (Å²) in [6.45, 7) is 23.2. The Hall–Kier alpha value is -4.92. The van der Waals surface area contributed by atoms with Gasteiger partial charge in [0, 0.05) is 38.3 Å². The van der Waals surface area contributed by atoms with Crippen LogP contribution in [0.25, 0.3) is 55.9 Å². The maximum Gasteiger partial charge on any atom is 0.169 e. The highest BCUT2D eigenvalue weighted by molar-refractivity contribution is 14.1. The van der Waals surface area contributed by atoms with Gasteiger partial charge in [-0.15, -0.1) is 6.58 Å². The first-order valence-corrected chi connectivity index (χ1v) is 23.1. The minimum absolute atomic E-state index is 0.0582. The van der Waals surface area contributed by atoms with Gasteiger partial charge in [-0.2, -0.15) is 19.0 Å². The van der Waals surface area contributed by atoms with E-state index in [0.717, 1.165) is 29.2 Å². The van der Waals surface area contributed by atoms with E-state index in [2.05, 4.69) is 149 Å². The second-order valence-corrected chi connectivity index (χ2v) is 15.3. The van der Waals surface area contributed by atoms with Crippen LogP contribution < -0.4 is 10.4 Å². The first-order valence-electron chi connectivity index (χ1n) is 20.3. The molecular weight excluding hydrogens is 840 g/mol. The number of rotatable bonds is 4. The molecule has 4 nitrogen and oxygen atoms in total. The monoisotopic (exact) mass is 896 g/mol. The van der Waals surface area contributed by atoms with Crippen molar-refractivity contribution in [3.05, 3.63) is 166 Å². The number of hydrogen-bond donors (Lipinski definition) is 2. The van der Waals surface area contributed by atoms with Gasteiger partial charge in [0.05, 0.1) is 0 Å². The maximum absolute atomic E-state index is 4.61. The number of H-pyrrole nitrogens is 1. The number of amidine groups is 2. The van der Waals surface area contributed by atoms with E-state index in [9.17, 15) is 0 Å². The lowest BCUT2D eigenvalue weighted by Gasteiger charge is -2.22. The highest BCUT2D eigenvalue weighted by Gasteiger charge is 2.37. The van der Waals surface area contributed by atoms with Gasteiger partial charge in [0.15, 0.2) is 11.7 Å². The number of allylic oxidation sites excluding steroid dienone is 1. The number of aromatic amines is 1. The zero-order valence-corrected chi connectivity index (χ0v) is 38.8. The predicted octanol–water partition coefficient (Wildman–Crippen LogP) is 14.0. The summed E-state index contributed by atoms with van der Waals surface area (Å²) in [6, 6.07) is 38.7. The van der Waals surface area contributed by atoms with Crippen molar-refractivity contribution in [2.75, 3.05) is 6.26 Å². The van der Waals surface area contributed by atoms with E-state index in [1.54, 1.807) is 6.26 Å². The average molecular weight is 897 g/mol. The van der Waals surface area contributed by atoms with Gasteiger partial charge < -0.3 is 4.98 Å². The van der Waals surface area contributed by atoms with E-state index in [0.29, 0.717) is 0 Å². The van der Waals surface area contributed by atoms with Gasteiger partial charge in [-0.3, -0.25) is 0 Å². The summed E-state index contributed by atoms with van der Waals surface area (Å²) in [7, 11) is 0. The molecule has 6 heteroatoms. The van der Waals surface area contributed by atoms with Gasteiger partial charge in [0.2, 0.25) is 0 Å². The fraction of sp³-hybridized carbons (Fsp3) is 0.231. The SMILES string of the molecule is C=CCc1/c(=C\C)ccc2cc3c(/c(=C/C)c12)-c1cc2[nH]c4ccccc4c2cc1C3(C)C.CC.CC.CS.Cc1ccccc1C1=NI=NC(c2ccccc2)=N1. The number of nitrogens with one attached hydrogen (secondary N) is 1. The molecule has 9 rings (SSSR count). The van der Waals surface area contributed by atoms with Crippen molar-refractivity contribution in [3.8, 4) is 11.1 Å². The molecule has 1 N–H and O–H groups in total. The number of aromatic nitrogens is 1. The molecule has 0 saturated carbocycles. The van der Waals surface area contributed by atoms with Crippen LogP contribution in [-0.4, -0.2) is 22.9 Å². The summed E-state index contributed by atoms with van der Waals surface area (Å²) in [4.78, 5) is 8.27. The molecule has 0 saturated heterocycles. The van der Waals surface area contributed by atoms with Crippen LogP contribution >= 0.6 is 33.9 Å². The Kier molecular flexibility index (Phi) is 15.4. The van der Waals surface area contributed by atoms with Crippen LogP contribution in [0.15, 0.2) is 133 Å². The van der Waals surface area contributed by atoms with Gasteiger partial charge in [0.25, 0.3) is 0 Å². The lowest BCUT2D eigenvalue weighted by atomic mass is 9.81. The normalized spacial score (nSPS) is 13.8. The molecular formula is C52H57IN4S. The summed E-state index contributed by atoms with van der Waals surface area (Å²) in [5, 5.41) is 7.95. The molecule has 0 fully saturated rings. The molecule has 2 heterocycles. The number of aliphatic imine (C=N–C) groups is 1. The highest BCUT2D eigenvalue weighted by Crippen LogP contribution is 2.50. The molecule has 2 aliphatic rings. The van der Waals surface area contributed by atoms with Gasteiger partial charge in [-0.05, 0) is 112 Å². The third kappa shape index (κ3) is 8.46. The van der Waals surface area contributed by atoms with Gasteiger partial charge in [-0.1, -0.05) is 145 Å². The number of thiol groups is 1. The number of hydrogen-bond acceptors (Lipinski definition) is 4. The molecule has 0 atom stereocenters. The molecule has 0 unspecified atom stereocenters. The van der Waals surface area contributed by atoms with Crippen LogP contribution in [0.1, 0.15) is 88.8 Å². The number of fused-ring (bicyclic) bond motifs is 7. The number of benzene rings is 6. The summed E-state index contributed by atoms with van der Waals surface area (Å²) >= 11 is 2.98. The van der Waals surface area contributed by atoms with E-state index in [-0.39, 0.29) is 5.41 Å². The minimum atomic E-state index is -0.548. The quantitative estimate of drug-likeness (QED) is 0.100. The van der Waals surface area contributed by atoms with Crippen molar-refractivity contribution in [1.82, 2.24) is 4.98 Å². The van der Waals surface area contributed by atoms with E-state index >= 15 is 0 Å². The van der Waals surface area contributed by atoms with Gasteiger partial charge in [-0.25, -0.2) is 4.99 Å². The highest BCUT2D eigenvalue weighted by atomic mass is 127. The van der Waals surface area contributed by atoms with E-state index < -0.39 is 21.3 Å². The fourth-order valence-corrected chi connectivity index (χ4v) is 9.22. The summed E-state index contributed by atoms with van der Waals surface area (Å²) in [5.74, 6) is 1.63. The maximum atomic E-state index is 4.61. The third-order valence-electron chi connectivity index (χ3n) is 10.6. The van der Waals surface area contributed by atoms with Crippen LogP contribution in [0.4, 0.5) is 0 Å². The van der Waals surface area contributed by atoms with Crippen LogP contribution in [-0.2, 0) is 11.8 Å². The zero-order chi connectivity index (χ0) is 42.0. The Labute approximate surface area is 361 Å². The van der Waals surface area contributed by atoms with Crippen molar-refractivity contribution in [3.63, 3.8) is 0 Å². The van der Waals surface area contributed by atoms with Crippen LogP contribution in [0, 0.1) is 6.92 Å². The van der Waals surface area contributed by atoms with Gasteiger partial charge >= 0.3 is 0 Å². The molecule has 6 aromatic carbocycles. The molecule has 1 aliphatic carbocycles. The first kappa shape index (κ1) is 44.2. The van der Waals surface area contributed by atoms with Crippen molar-refractivity contribution in [1.29, 1.82) is 0 Å². The van der Waals surface area contributed by atoms with Crippen LogP contribution in [0.3, 0.4) is 0 Å². The molecule has 0 amide bonds. The fourth-order valence-electron chi connectivity index (χ4n) is 7.95. The molecule has 0 spiro atoms. The number of para-hydroxylation sites is 1. The molecule has 0 bridgehead atoms. The van der Waals surface area contributed by atoms with Gasteiger partial charge in [0.1, 0.15) is 21.3 Å². The molecule has 0 radical (unpaired) electrons. The summed E-state index contributed by atoms with van der Waals surface area (Å²) < 4.78 is 8.99. The second kappa shape index (κ2) is 20.2. The van der Waals surface area contributed by atoms with Crippen molar-refractivity contribution in [2.45, 2.75) is 74.1 Å². The lowest BCUT2D eigenvalue weighted by molar-refractivity contribution is 0.662. The largest absolute Gasteiger partial charge is 0.354 e. The topological polar surface area (TPSA) is 52.9 Å². The van der Waals surface area contributed by atoms with Crippen molar-refractivity contribution >= 4 is 90.3 Å². The molecule has 7 aromatic rings. The Morgan fingerprint density at radius 2 is 1.41 bits per heavy atom. The Morgan fingerprint density at radius 3 is 2.10 bits per heavy atom. The number of halogens is 1. The molecule has 1 aliphatic heterocycles. The van der Waals surface area contributed by atoms with E-state index in [1.807, 2.05) is 76.2 Å². The lowest BCUT2D eigenvalue weighted by Crippen LogP contribution is -2.19. The molecule has 58 heavy (non-hydrogen) atoms. The van der Waals surface area contributed by atoms with E-state index in [4.69, 9.17) is 0 Å². The Balaban J connectivity index is 0.000000218. The van der Waals surface area contributed by atoms with E-state index in [1.165, 1.54) is 76.4 Å². The van der Waals surface area contributed by atoms with Crippen LogP contribution in [0.5, 0.6) is 0 Å². The number of nitrogens with zero attached hydrogens (tertiary/aromatic N) is 3. The standard InChI is InChI=1S/C32H29N.C15H12IN3.2C2H6.CH4S/c1-6-11-22-19(7-2)14-15-20-16-27-31(21(8-3)30(20)22)25-18-29-24(17-26(25)32(27,4)5)23-12-9-10-13-28(23)33-29;1-11-7-5-6-10-13(11)15-17-14(18-16-19-15)12-8-3-2-4-9-12;3*1-2/h6-10,12-18,33H,1,11H2,2-5H3;2-10H,1H3;2*1-2H3;2H,1H3/b19-7-,21-8+;;;;. The van der Waals surface area contributed by atoms with Crippen molar-refractivity contribution in [2.24, 2.45) is 11.3 Å². The van der Waals surface area contributed by atoms with Crippen LogP contribution in [0.2, 0.25) is 0 Å². The molecule has 298 valence electrons. The van der Waals surface area contributed by atoms with Crippen molar-refractivity contribution < 1.29 is 0 Å². The minimum Gasteiger partial charge on any atom is -0.354 e. The third-order valence-corrected chi connectivity index (χ3v) is 11.9. The first-order chi connectivity index (χ1) is 28.3. The Bertz CT molecular complexity index is 2790.